The summed E-state index contributed by atoms with van der Waals surface area (Å²) in [5.41, 5.74) is 0. The van der Waals surface area contributed by atoms with E-state index in [0.29, 0.717) is 0 Å². The summed E-state index contributed by atoms with van der Waals surface area (Å²) in [5, 5.41) is 3.07. The summed E-state index contributed by atoms with van der Waals surface area (Å²) in [6.07, 6.45) is 5.69. The van der Waals surface area contributed by atoms with Crippen molar-refractivity contribution in [1.29, 1.82) is 0 Å². The molecule has 0 aliphatic carbocycles. The minimum Gasteiger partial charge on any atom is -1.00 e. The van der Waals surface area contributed by atoms with E-state index in [-0.39, 0.29) is 17.0 Å². The molecule has 0 rings (SSSR count). The van der Waals surface area contributed by atoms with Crippen molar-refractivity contribution in [3.05, 3.63) is 0 Å². The van der Waals surface area contributed by atoms with Gasteiger partial charge in [-0.15, -0.1) is 0 Å². The molecule has 0 fully saturated rings. The van der Waals surface area contributed by atoms with Crippen molar-refractivity contribution in [2.24, 2.45) is 11.8 Å². The molecular weight excluding hydrogens is 251 g/mol. The van der Waals surface area contributed by atoms with Crippen molar-refractivity contribution < 1.29 is 17.0 Å². The van der Waals surface area contributed by atoms with Crippen LogP contribution in [0.15, 0.2) is 0 Å². The Labute approximate surface area is 108 Å². The standard InChI is InChI=1S/2C6H13.Al.BrH/c2*1-4-6(3)5-2;;/h2*6H,1,4-5H2,2-3H3;;1H/q;;+1;/p-1. The van der Waals surface area contributed by atoms with Gasteiger partial charge in [0.15, 0.2) is 0 Å². The van der Waals surface area contributed by atoms with E-state index in [1.807, 2.05) is 0 Å². The fourth-order valence-electron chi connectivity index (χ4n) is 1.36. The van der Waals surface area contributed by atoms with E-state index in [0.717, 1.165) is 27.1 Å². The first-order chi connectivity index (χ1) is 6.20. The Morgan fingerprint density at radius 3 is 1.50 bits per heavy atom. The molecule has 84 valence electrons. The van der Waals surface area contributed by atoms with Crippen molar-refractivity contribution in [1.82, 2.24) is 0 Å². The van der Waals surface area contributed by atoms with Crippen LogP contribution in [0.5, 0.6) is 0 Å². The number of halogens is 1. The monoisotopic (exact) mass is 276 g/mol. The zero-order valence-corrected chi connectivity index (χ0v) is 13.1. The van der Waals surface area contributed by atoms with E-state index in [4.69, 9.17) is 0 Å². The molecule has 0 aliphatic rings. The van der Waals surface area contributed by atoms with Crippen molar-refractivity contribution in [3.63, 3.8) is 0 Å². The molecule has 2 heteroatoms. The molecule has 0 spiro atoms. The molecule has 0 amide bonds. The van der Waals surface area contributed by atoms with E-state index >= 15 is 0 Å². The normalized spacial score (nSPS) is 14.0. The molecule has 0 aromatic carbocycles. The van der Waals surface area contributed by atoms with Gasteiger partial charge in [-0.05, 0) is 0 Å². The van der Waals surface area contributed by atoms with E-state index < -0.39 is 0 Å². The Balaban J connectivity index is 0. The SMILES string of the molecule is CCC(C)C[CH2][Al+][CH2]CC(C)CC.[Br-]. The van der Waals surface area contributed by atoms with Gasteiger partial charge in [0.1, 0.15) is 0 Å². The van der Waals surface area contributed by atoms with Gasteiger partial charge in [0.25, 0.3) is 0 Å². The topological polar surface area (TPSA) is 0 Å². The molecule has 0 N–H and O–H groups in total. The summed E-state index contributed by atoms with van der Waals surface area (Å²) in [7, 11) is 0. The third-order valence-electron chi connectivity index (χ3n) is 3.12. The molecule has 0 bridgehead atoms. The van der Waals surface area contributed by atoms with Crippen LogP contribution in [0.4, 0.5) is 0 Å². The van der Waals surface area contributed by atoms with Gasteiger partial charge in [-0.3, -0.25) is 0 Å². The van der Waals surface area contributed by atoms with E-state index in [9.17, 15) is 0 Å². The van der Waals surface area contributed by atoms with Crippen molar-refractivity contribution in [2.75, 3.05) is 0 Å². The summed E-state index contributed by atoms with van der Waals surface area (Å²) >= 11 is 0.765. The van der Waals surface area contributed by atoms with Crippen LogP contribution in [-0.2, 0) is 0 Å². The molecule has 0 aromatic heterocycles. The Morgan fingerprint density at radius 2 is 1.21 bits per heavy atom. The molecule has 0 aromatic rings. The summed E-state index contributed by atoms with van der Waals surface area (Å²) < 4.78 is 0. The second-order valence-corrected chi connectivity index (χ2v) is 6.20. The van der Waals surface area contributed by atoms with E-state index in [1.165, 1.54) is 36.2 Å². The quantitative estimate of drug-likeness (QED) is 0.465. The number of rotatable bonds is 8. The van der Waals surface area contributed by atoms with E-state index in [1.54, 1.807) is 0 Å². The van der Waals surface area contributed by atoms with Crippen molar-refractivity contribution >= 4 is 15.2 Å². The minimum absolute atomic E-state index is 0. The summed E-state index contributed by atoms with van der Waals surface area (Å²) in [6.45, 7) is 9.38. The predicted octanol–water partition coefficient (Wildman–Crippen LogP) is 1.40. The van der Waals surface area contributed by atoms with Gasteiger partial charge in [0, 0.05) is 0 Å². The van der Waals surface area contributed by atoms with Crippen LogP contribution in [0, 0.1) is 11.8 Å². The largest absolute Gasteiger partial charge is 1.00 e. The zero-order chi connectivity index (χ0) is 10.1. The second kappa shape index (κ2) is 12.1. The fourth-order valence-corrected chi connectivity index (χ4v) is 3.26. The van der Waals surface area contributed by atoms with Gasteiger partial charge in [0.2, 0.25) is 0 Å². The molecule has 14 heavy (non-hydrogen) atoms. The Kier molecular flexibility index (Phi) is 15.0. The zero-order valence-electron chi connectivity index (χ0n) is 10.4. The number of hydrogen-bond donors (Lipinski definition) is 0. The van der Waals surface area contributed by atoms with Gasteiger partial charge >= 0.3 is 91.0 Å². The first kappa shape index (κ1) is 17.4. The predicted molar refractivity (Wildman–Crippen MR) is 63.5 cm³/mol. The molecule has 0 saturated heterocycles. The Morgan fingerprint density at radius 1 is 0.857 bits per heavy atom. The summed E-state index contributed by atoms with van der Waals surface area (Å²) in [4.78, 5) is 0. The number of hydrogen-bond acceptors (Lipinski definition) is 0. The van der Waals surface area contributed by atoms with Crippen LogP contribution >= 0.6 is 0 Å². The van der Waals surface area contributed by atoms with Gasteiger partial charge in [-0.25, -0.2) is 0 Å². The summed E-state index contributed by atoms with van der Waals surface area (Å²) in [6, 6.07) is 0. The van der Waals surface area contributed by atoms with Crippen LogP contribution < -0.4 is 17.0 Å². The van der Waals surface area contributed by atoms with Gasteiger partial charge < -0.3 is 17.0 Å². The maximum atomic E-state index is 2.38. The molecule has 2 unspecified atom stereocenters. The Hall–Kier alpha value is 1.01. The molecule has 0 aliphatic heterocycles. The van der Waals surface area contributed by atoms with Gasteiger partial charge in [-0.1, -0.05) is 0 Å². The molecule has 0 saturated carbocycles. The average Bonchev–Trinajstić information content (AvgIpc) is 2.16. The maximum Gasteiger partial charge on any atom is -1.00 e. The average molecular weight is 277 g/mol. The summed E-state index contributed by atoms with van der Waals surface area (Å²) in [5.74, 6) is 1.94. The molecule has 0 heterocycles. The molecule has 2 atom stereocenters. The Bertz CT molecular complexity index is 94.5. The first-order valence-corrected chi connectivity index (χ1v) is 7.65. The third kappa shape index (κ3) is 11.1. The second-order valence-electron chi connectivity index (χ2n) is 4.47. The maximum absolute atomic E-state index is 2.38. The van der Waals surface area contributed by atoms with Crippen LogP contribution in [0.1, 0.15) is 53.4 Å². The van der Waals surface area contributed by atoms with Crippen molar-refractivity contribution in [2.45, 2.75) is 63.9 Å². The molecular formula is C12H26AlBr. The van der Waals surface area contributed by atoms with Crippen LogP contribution in [0.25, 0.3) is 0 Å². The van der Waals surface area contributed by atoms with Crippen LogP contribution in [-0.4, -0.2) is 15.2 Å². The van der Waals surface area contributed by atoms with Gasteiger partial charge in [0.05, 0.1) is 0 Å². The fraction of sp³-hybridized carbons (Fsp3) is 1.00. The van der Waals surface area contributed by atoms with Crippen LogP contribution in [0.3, 0.4) is 0 Å². The smallest absolute Gasteiger partial charge is 1.00 e. The first-order valence-electron chi connectivity index (χ1n) is 6.02. The third-order valence-corrected chi connectivity index (χ3v) is 4.60. The van der Waals surface area contributed by atoms with E-state index in [2.05, 4.69) is 27.7 Å². The van der Waals surface area contributed by atoms with Gasteiger partial charge in [-0.2, -0.15) is 0 Å². The van der Waals surface area contributed by atoms with Crippen molar-refractivity contribution in [3.8, 4) is 0 Å². The van der Waals surface area contributed by atoms with Crippen LogP contribution in [0.2, 0.25) is 10.6 Å². The molecule has 0 radical (unpaired) electrons. The minimum atomic E-state index is 0. The molecule has 0 nitrogen and oxygen atoms in total.